The molecule has 0 atom stereocenters. The van der Waals surface area contributed by atoms with E-state index >= 15 is 0 Å². The predicted molar refractivity (Wildman–Crippen MR) is 80.5 cm³/mol. The number of carbonyl (C=O) groups is 2. The SMILES string of the molecule is CCCCCCOC(=O)CCC(=O)OCc1ccc(F)cc1. The Balaban J connectivity index is 2.09. The molecule has 0 fully saturated rings. The van der Waals surface area contributed by atoms with E-state index in [0.29, 0.717) is 12.2 Å². The highest BCUT2D eigenvalue weighted by Crippen LogP contribution is 2.06. The van der Waals surface area contributed by atoms with Crippen molar-refractivity contribution in [2.45, 2.75) is 52.1 Å². The second-order valence-corrected chi connectivity index (χ2v) is 5.07. The molecule has 5 heteroatoms. The summed E-state index contributed by atoms with van der Waals surface area (Å²) >= 11 is 0. The van der Waals surface area contributed by atoms with E-state index < -0.39 is 5.97 Å². The van der Waals surface area contributed by atoms with Gasteiger partial charge in [-0.1, -0.05) is 38.3 Å². The number of unbranched alkanes of at least 4 members (excludes halogenated alkanes) is 3. The quantitative estimate of drug-likeness (QED) is 0.487. The lowest BCUT2D eigenvalue weighted by Crippen LogP contribution is -2.11. The van der Waals surface area contributed by atoms with E-state index in [1.165, 1.54) is 12.1 Å². The molecule has 0 aliphatic carbocycles. The number of halogens is 1. The first-order chi connectivity index (χ1) is 10.6. The van der Waals surface area contributed by atoms with Crippen LogP contribution in [0.2, 0.25) is 0 Å². The van der Waals surface area contributed by atoms with E-state index in [9.17, 15) is 14.0 Å². The fourth-order valence-corrected chi connectivity index (χ4v) is 1.81. The Morgan fingerprint density at radius 3 is 2.23 bits per heavy atom. The zero-order valence-corrected chi connectivity index (χ0v) is 13.0. The van der Waals surface area contributed by atoms with Crippen LogP contribution in [-0.4, -0.2) is 18.5 Å². The molecule has 0 aliphatic rings. The summed E-state index contributed by atoms with van der Waals surface area (Å²) < 4.78 is 22.7. The predicted octanol–water partition coefficient (Wildman–Crippen LogP) is 3.77. The molecule has 122 valence electrons. The minimum atomic E-state index is -0.466. The van der Waals surface area contributed by atoms with E-state index in [2.05, 4.69) is 6.92 Å². The molecule has 1 aromatic carbocycles. The van der Waals surface area contributed by atoms with Crippen LogP contribution in [0.3, 0.4) is 0 Å². The molecule has 0 spiro atoms. The number of hydrogen-bond donors (Lipinski definition) is 0. The average molecular weight is 310 g/mol. The van der Waals surface area contributed by atoms with Crippen molar-refractivity contribution in [1.82, 2.24) is 0 Å². The lowest BCUT2D eigenvalue weighted by molar-refractivity contribution is -0.151. The first-order valence-electron chi connectivity index (χ1n) is 7.67. The second-order valence-electron chi connectivity index (χ2n) is 5.07. The van der Waals surface area contributed by atoms with Gasteiger partial charge in [-0.3, -0.25) is 9.59 Å². The van der Waals surface area contributed by atoms with Gasteiger partial charge in [0.15, 0.2) is 0 Å². The van der Waals surface area contributed by atoms with Gasteiger partial charge in [0.2, 0.25) is 0 Å². The molecule has 0 amide bonds. The van der Waals surface area contributed by atoms with Gasteiger partial charge in [0.05, 0.1) is 19.4 Å². The summed E-state index contributed by atoms with van der Waals surface area (Å²) in [5.41, 5.74) is 0.702. The number of benzene rings is 1. The van der Waals surface area contributed by atoms with Crippen LogP contribution in [0.15, 0.2) is 24.3 Å². The Kier molecular flexibility index (Phi) is 8.88. The van der Waals surface area contributed by atoms with Crippen molar-refractivity contribution in [3.8, 4) is 0 Å². The average Bonchev–Trinajstić information content (AvgIpc) is 2.52. The standard InChI is InChI=1S/C17H23FO4/c1-2-3-4-5-12-21-16(19)10-11-17(20)22-13-14-6-8-15(18)9-7-14/h6-9H,2-5,10-13H2,1H3. The molecule has 0 aromatic heterocycles. The van der Waals surface area contributed by atoms with Crippen LogP contribution >= 0.6 is 0 Å². The number of hydrogen-bond acceptors (Lipinski definition) is 4. The number of esters is 2. The Morgan fingerprint density at radius 1 is 0.955 bits per heavy atom. The number of carbonyl (C=O) groups excluding carboxylic acids is 2. The highest BCUT2D eigenvalue weighted by Gasteiger charge is 2.09. The zero-order valence-electron chi connectivity index (χ0n) is 13.0. The lowest BCUT2D eigenvalue weighted by atomic mass is 10.2. The van der Waals surface area contributed by atoms with Crippen LogP contribution in [0, 0.1) is 5.82 Å². The summed E-state index contributed by atoms with van der Waals surface area (Å²) in [6.07, 6.45) is 4.18. The molecular formula is C17H23FO4. The summed E-state index contributed by atoms with van der Waals surface area (Å²) in [4.78, 5) is 22.9. The van der Waals surface area contributed by atoms with E-state index in [-0.39, 0.29) is 31.2 Å². The highest BCUT2D eigenvalue weighted by molar-refractivity contribution is 5.77. The van der Waals surface area contributed by atoms with E-state index in [4.69, 9.17) is 9.47 Å². The van der Waals surface area contributed by atoms with Crippen molar-refractivity contribution in [2.75, 3.05) is 6.61 Å². The van der Waals surface area contributed by atoms with Gasteiger partial charge < -0.3 is 9.47 Å². The maximum atomic E-state index is 12.7. The fraction of sp³-hybridized carbons (Fsp3) is 0.529. The van der Waals surface area contributed by atoms with Crippen LogP contribution in [0.25, 0.3) is 0 Å². The van der Waals surface area contributed by atoms with Gasteiger partial charge in [-0.15, -0.1) is 0 Å². The van der Waals surface area contributed by atoms with Gasteiger partial charge in [0.1, 0.15) is 12.4 Å². The van der Waals surface area contributed by atoms with Gasteiger partial charge in [-0.25, -0.2) is 4.39 Å². The van der Waals surface area contributed by atoms with Crippen molar-refractivity contribution in [3.05, 3.63) is 35.6 Å². The smallest absolute Gasteiger partial charge is 0.306 e. The van der Waals surface area contributed by atoms with E-state index in [1.807, 2.05) is 0 Å². The first kappa shape index (κ1) is 18.1. The van der Waals surface area contributed by atoms with Crippen molar-refractivity contribution in [1.29, 1.82) is 0 Å². The molecule has 0 unspecified atom stereocenters. The lowest BCUT2D eigenvalue weighted by Gasteiger charge is -2.06. The summed E-state index contributed by atoms with van der Waals surface area (Å²) in [5.74, 6) is -1.18. The highest BCUT2D eigenvalue weighted by atomic mass is 19.1. The third-order valence-corrected chi connectivity index (χ3v) is 3.11. The van der Waals surface area contributed by atoms with E-state index in [1.54, 1.807) is 12.1 Å². The van der Waals surface area contributed by atoms with Crippen molar-refractivity contribution >= 4 is 11.9 Å². The molecule has 0 radical (unpaired) electrons. The van der Waals surface area contributed by atoms with Crippen LogP contribution in [-0.2, 0) is 25.7 Å². The molecule has 4 nitrogen and oxygen atoms in total. The third-order valence-electron chi connectivity index (χ3n) is 3.11. The minimum absolute atomic E-state index is 0.00497. The molecule has 0 saturated carbocycles. The summed E-state index contributed by atoms with van der Waals surface area (Å²) in [5, 5.41) is 0. The van der Waals surface area contributed by atoms with Crippen molar-refractivity contribution in [2.24, 2.45) is 0 Å². The van der Waals surface area contributed by atoms with Crippen molar-refractivity contribution < 1.29 is 23.5 Å². The van der Waals surface area contributed by atoms with Gasteiger partial charge in [0.25, 0.3) is 0 Å². The van der Waals surface area contributed by atoms with E-state index in [0.717, 1.165) is 25.7 Å². The number of rotatable bonds is 10. The molecule has 1 rings (SSSR count). The molecule has 0 N–H and O–H groups in total. The molecule has 1 aromatic rings. The molecule has 0 aliphatic heterocycles. The van der Waals surface area contributed by atoms with Crippen LogP contribution in [0.4, 0.5) is 4.39 Å². The second kappa shape index (κ2) is 10.8. The maximum absolute atomic E-state index is 12.7. The van der Waals surface area contributed by atoms with Gasteiger partial charge in [0, 0.05) is 0 Å². The van der Waals surface area contributed by atoms with Gasteiger partial charge in [-0.2, -0.15) is 0 Å². The first-order valence-corrected chi connectivity index (χ1v) is 7.67. The monoisotopic (exact) mass is 310 g/mol. The van der Waals surface area contributed by atoms with Crippen LogP contribution in [0.1, 0.15) is 51.0 Å². The number of ether oxygens (including phenoxy) is 2. The molecule has 22 heavy (non-hydrogen) atoms. The van der Waals surface area contributed by atoms with Crippen LogP contribution in [0.5, 0.6) is 0 Å². The normalized spacial score (nSPS) is 10.3. The minimum Gasteiger partial charge on any atom is -0.466 e. The Hall–Kier alpha value is -1.91. The molecular weight excluding hydrogens is 287 g/mol. The van der Waals surface area contributed by atoms with Gasteiger partial charge >= 0.3 is 11.9 Å². The molecule has 0 heterocycles. The fourth-order valence-electron chi connectivity index (χ4n) is 1.81. The maximum Gasteiger partial charge on any atom is 0.306 e. The van der Waals surface area contributed by atoms with Crippen LogP contribution < -0.4 is 0 Å². The van der Waals surface area contributed by atoms with Gasteiger partial charge in [-0.05, 0) is 24.1 Å². The topological polar surface area (TPSA) is 52.6 Å². The van der Waals surface area contributed by atoms with Crippen molar-refractivity contribution in [3.63, 3.8) is 0 Å². The Morgan fingerprint density at radius 2 is 1.59 bits per heavy atom. The summed E-state index contributed by atoms with van der Waals surface area (Å²) in [6.45, 7) is 2.60. The Labute approximate surface area is 130 Å². The molecule has 0 saturated heterocycles. The zero-order chi connectivity index (χ0) is 16.2. The Bertz CT molecular complexity index is 456. The third kappa shape index (κ3) is 8.39. The summed E-state index contributed by atoms with van der Waals surface area (Å²) in [7, 11) is 0. The summed E-state index contributed by atoms with van der Waals surface area (Å²) in [6, 6.07) is 5.71. The largest absolute Gasteiger partial charge is 0.466 e. The molecule has 0 bridgehead atoms.